The Kier molecular flexibility index (Phi) is 7.55. The summed E-state index contributed by atoms with van der Waals surface area (Å²) >= 11 is 0. The summed E-state index contributed by atoms with van der Waals surface area (Å²) in [6.45, 7) is 3.36. The second-order valence-corrected chi connectivity index (χ2v) is 9.09. The van der Waals surface area contributed by atoms with Crippen molar-refractivity contribution in [1.29, 1.82) is 0 Å². The molecule has 1 saturated carbocycles. The van der Waals surface area contributed by atoms with Gasteiger partial charge in [-0.2, -0.15) is 5.10 Å². The van der Waals surface area contributed by atoms with E-state index in [4.69, 9.17) is 0 Å². The molecular formula is C27H34N4O2. The molecule has 0 atom stereocenters. The largest absolute Gasteiger partial charge is 0.320 e. The van der Waals surface area contributed by atoms with Crippen LogP contribution in [0.5, 0.6) is 0 Å². The third-order valence-corrected chi connectivity index (χ3v) is 6.69. The molecule has 2 aromatic carbocycles. The molecule has 0 saturated heterocycles. The van der Waals surface area contributed by atoms with Gasteiger partial charge in [0.25, 0.3) is 11.5 Å². The predicted octanol–water partition coefficient (Wildman–Crippen LogP) is 5.21. The van der Waals surface area contributed by atoms with E-state index in [-0.39, 0.29) is 17.2 Å². The van der Waals surface area contributed by atoms with E-state index in [2.05, 4.69) is 35.4 Å². The van der Waals surface area contributed by atoms with Gasteiger partial charge < -0.3 is 5.32 Å². The second-order valence-electron chi connectivity index (χ2n) is 9.09. The van der Waals surface area contributed by atoms with E-state index >= 15 is 0 Å². The van der Waals surface area contributed by atoms with Gasteiger partial charge in [-0.05, 0) is 44.0 Å². The number of hydrogen-bond acceptors (Lipinski definition) is 4. The first-order chi connectivity index (χ1) is 16.1. The van der Waals surface area contributed by atoms with Crippen molar-refractivity contribution in [3.8, 4) is 0 Å². The quantitative estimate of drug-likeness (QED) is 0.516. The van der Waals surface area contributed by atoms with Crippen molar-refractivity contribution in [1.82, 2.24) is 14.7 Å². The van der Waals surface area contributed by atoms with Crippen molar-refractivity contribution in [2.75, 3.05) is 12.4 Å². The van der Waals surface area contributed by atoms with Crippen LogP contribution >= 0.6 is 0 Å². The van der Waals surface area contributed by atoms with E-state index in [0.717, 1.165) is 30.6 Å². The Morgan fingerprint density at radius 3 is 2.52 bits per heavy atom. The highest BCUT2D eigenvalue weighted by atomic mass is 16.2. The summed E-state index contributed by atoms with van der Waals surface area (Å²) in [7, 11) is 2.17. The number of fused-ring (bicyclic) bond motifs is 1. The Hall–Kier alpha value is -2.99. The molecule has 0 spiro atoms. The number of hydrogen-bond donors (Lipinski definition) is 1. The predicted molar refractivity (Wildman–Crippen MR) is 134 cm³/mol. The maximum atomic E-state index is 13.4. The molecule has 0 bridgehead atoms. The number of aryl methyl sites for hydroxylation is 1. The topological polar surface area (TPSA) is 67.2 Å². The van der Waals surface area contributed by atoms with Crippen LogP contribution in [0.4, 0.5) is 5.69 Å². The van der Waals surface area contributed by atoms with Crippen LogP contribution in [-0.4, -0.2) is 33.7 Å². The molecule has 1 aromatic heterocycles. The van der Waals surface area contributed by atoms with Gasteiger partial charge in [0.1, 0.15) is 0 Å². The van der Waals surface area contributed by atoms with Crippen molar-refractivity contribution in [2.24, 2.45) is 0 Å². The molecule has 0 radical (unpaired) electrons. The highest BCUT2D eigenvalue weighted by Gasteiger charge is 2.21. The molecule has 0 aliphatic heterocycles. The molecule has 0 unspecified atom stereocenters. The zero-order valence-electron chi connectivity index (χ0n) is 19.7. The molecule has 6 heteroatoms. The number of nitrogens with zero attached hydrogens (tertiary/aromatic N) is 3. The number of benzene rings is 2. The lowest BCUT2D eigenvalue weighted by Crippen LogP contribution is -2.33. The van der Waals surface area contributed by atoms with Gasteiger partial charge in [-0.3, -0.25) is 14.5 Å². The average molecular weight is 447 g/mol. The number of aromatic nitrogens is 2. The number of carbonyl (C=O) groups excluding carboxylic acids is 1. The van der Waals surface area contributed by atoms with E-state index in [1.54, 1.807) is 12.1 Å². The first kappa shape index (κ1) is 23.2. The van der Waals surface area contributed by atoms with Crippen LogP contribution in [0.3, 0.4) is 0 Å². The van der Waals surface area contributed by atoms with E-state index < -0.39 is 0 Å². The van der Waals surface area contributed by atoms with Crippen LogP contribution < -0.4 is 10.9 Å². The van der Waals surface area contributed by atoms with Crippen molar-refractivity contribution < 1.29 is 4.79 Å². The molecule has 1 N–H and O–H groups in total. The SMILES string of the molecule is CCCCn1nc(C(=O)Nc2ccccc2CN(C)C2CCCCC2)c2ccccc2c1=O. The number of para-hydroxylation sites is 1. The molecule has 1 aliphatic carbocycles. The molecule has 1 amide bonds. The monoisotopic (exact) mass is 446 g/mol. The van der Waals surface area contributed by atoms with Gasteiger partial charge in [0.2, 0.25) is 0 Å². The lowest BCUT2D eigenvalue weighted by atomic mass is 9.94. The van der Waals surface area contributed by atoms with Crippen LogP contribution in [0.1, 0.15) is 67.9 Å². The first-order valence-electron chi connectivity index (χ1n) is 12.2. The summed E-state index contributed by atoms with van der Waals surface area (Å²) < 4.78 is 1.43. The van der Waals surface area contributed by atoms with Crippen LogP contribution in [0.15, 0.2) is 53.3 Å². The third-order valence-electron chi connectivity index (χ3n) is 6.69. The smallest absolute Gasteiger partial charge is 0.276 e. The van der Waals surface area contributed by atoms with Gasteiger partial charge in [-0.1, -0.05) is 69.0 Å². The minimum Gasteiger partial charge on any atom is -0.320 e. The summed E-state index contributed by atoms with van der Waals surface area (Å²) in [5, 5.41) is 8.68. The second kappa shape index (κ2) is 10.8. The van der Waals surface area contributed by atoms with Crippen molar-refractivity contribution in [3.05, 3.63) is 70.1 Å². The fourth-order valence-corrected chi connectivity index (χ4v) is 4.74. The van der Waals surface area contributed by atoms with Crippen LogP contribution in [0.2, 0.25) is 0 Å². The number of anilines is 1. The summed E-state index contributed by atoms with van der Waals surface area (Å²) in [4.78, 5) is 28.7. The van der Waals surface area contributed by atoms with Crippen LogP contribution in [0.25, 0.3) is 10.8 Å². The number of amides is 1. The minimum absolute atomic E-state index is 0.148. The van der Waals surface area contributed by atoms with Gasteiger partial charge in [0.05, 0.1) is 5.39 Å². The molecule has 33 heavy (non-hydrogen) atoms. The highest BCUT2D eigenvalue weighted by Crippen LogP contribution is 2.25. The van der Waals surface area contributed by atoms with Crippen LogP contribution in [-0.2, 0) is 13.1 Å². The van der Waals surface area contributed by atoms with Gasteiger partial charge in [-0.25, -0.2) is 4.68 Å². The zero-order valence-corrected chi connectivity index (χ0v) is 19.7. The number of rotatable bonds is 8. The summed E-state index contributed by atoms with van der Waals surface area (Å²) in [6, 6.07) is 15.8. The molecule has 1 heterocycles. The highest BCUT2D eigenvalue weighted by molar-refractivity contribution is 6.11. The first-order valence-corrected chi connectivity index (χ1v) is 12.2. The van der Waals surface area contributed by atoms with Crippen molar-refractivity contribution in [2.45, 2.75) is 71.0 Å². The zero-order chi connectivity index (χ0) is 23.2. The number of carbonyl (C=O) groups is 1. The van der Waals surface area contributed by atoms with Gasteiger partial charge in [0.15, 0.2) is 5.69 Å². The number of nitrogens with one attached hydrogen (secondary N) is 1. The molecular weight excluding hydrogens is 412 g/mol. The molecule has 1 aliphatic rings. The fourth-order valence-electron chi connectivity index (χ4n) is 4.74. The van der Waals surface area contributed by atoms with Crippen LogP contribution in [0, 0.1) is 0 Å². The lowest BCUT2D eigenvalue weighted by Gasteiger charge is -2.31. The third kappa shape index (κ3) is 5.33. The fraction of sp³-hybridized carbons (Fsp3) is 0.444. The summed E-state index contributed by atoms with van der Waals surface area (Å²) in [5.41, 5.74) is 2.02. The Labute approximate surface area is 195 Å². The Balaban J connectivity index is 1.61. The average Bonchev–Trinajstić information content (AvgIpc) is 2.85. The van der Waals surface area contributed by atoms with E-state index in [1.165, 1.54) is 36.8 Å². The molecule has 4 rings (SSSR count). The normalized spacial score (nSPS) is 14.6. The Bertz CT molecular complexity index is 1160. The van der Waals surface area contributed by atoms with Gasteiger partial charge in [0, 0.05) is 30.2 Å². The van der Waals surface area contributed by atoms with Crippen molar-refractivity contribution >= 4 is 22.4 Å². The van der Waals surface area contributed by atoms with E-state index in [9.17, 15) is 9.59 Å². The molecule has 6 nitrogen and oxygen atoms in total. The maximum absolute atomic E-state index is 13.4. The minimum atomic E-state index is -0.288. The van der Waals surface area contributed by atoms with E-state index in [0.29, 0.717) is 23.4 Å². The summed E-state index contributed by atoms with van der Waals surface area (Å²) in [6.07, 6.45) is 8.17. The van der Waals surface area contributed by atoms with E-state index in [1.807, 2.05) is 30.3 Å². The molecule has 1 fully saturated rings. The van der Waals surface area contributed by atoms with Crippen molar-refractivity contribution in [3.63, 3.8) is 0 Å². The Morgan fingerprint density at radius 1 is 1.06 bits per heavy atom. The molecule has 174 valence electrons. The van der Waals surface area contributed by atoms with Gasteiger partial charge >= 0.3 is 0 Å². The van der Waals surface area contributed by atoms with Gasteiger partial charge in [-0.15, -0.1) is 0 Å². The standard InChI is InChI=1S/C27H34N4O2/c1-3-4-18-31-27(33)23-16-10-9-15-22(23)25(29-31)26(32)28-24-17-11-8-12-20(24)19-30(2)21-13-6-5-7-14-21/h8-12,15-17,21H,3-7,13-14,18-19H2,1-2H3,(H,28,32). The lowest BCUT2D eigenvalue weighted by molar-refractivity contribution is 0.102. The number of unbranched alkanes of at least 4 members (excludes halogenated alkanes) is 1. The Morgan fingerprint density at radius 2 is 1.76 bits per heavy atom. The summed E-state index contributed by atoms with van der Waals surface area (Å²) in [5.74, 6) is -0.288. The maximum Gasteiger partial charge on any atom is 0.276 e. The molecule has 3 aromatic rings.